The molecular formula is C18H27FN2O3. The van der Waals surface area contributed by atoms with Crippen molar-refractivity contribution in [1.82, 2.24) is 10.2 Å². The Kier molecular flexibility index (Phi) is 7.15. The molecule has 4 unspecified atom stereocenters. The van der Waals surface area contributed by atoms with E-state index in [1.807, 2.05) is 30.3 Å². The van der Waals surface area contributed by atoms with Crippen LogP contribution in [0.3, 0.4) is 0 Å². The number of benzene rings is 1. The van der Waals surface area contributed by atoms with Gasteiger partial charge in [-0.3, -0.25) is 9.69 Å². The SMILES string of the molecule is CCC(=O)NCC1C(F)C(O)C(CO)N1CCCc1ccccc1. The Morgan fingerprint density at radius 2 is 2.00 bits per heavy atom. The van der Waals surface area contributed by atoms with Crippen LogP contribution < -0.4 is 5.32 Å². The van der Waals surface area contributed by atoms with Crippen LogP contribution in [0.5, 0.6) is 0 Å². The highest BCUT2D eigenvalue weighted by molar-refractivity contribution is 5.75. The summed E-state index contributed by atoms with van der Waals surface area (Å²) in [4.78, 5) is 13.2. The Morgan fingerprint density at radius 1 is 1.29 bits per heavy atom. The molecule has 5 nitrogen and oxygen atoms in total. The highest BCUT2D eigenvalue weighted by Gasteiger charge is 2.47. The molecule has 1 saturated heterocycles. The summed E-state index contributed by atoms with van der Waals surface area (Å²) in [6.45, 7) is 2.14. The molecule has 3 N–H and O–H groups in total. The highest BCUT2D eigenvalue weighted by atomic mass is 19.1. The summed E-state index contributed by atoms with van der Waals surface area (Å²) in [5, 5.41) is 22.3. The van der Waals surface area contributed by atoms with E-state index >= 15 is 0 Å². The highest BCUT2D eigenvalue weighted by Crippen LogP contribution is 2.27. The first-order valence-corrected chi connectivity index (χ1v) is 8.57. The van der Waals surface area contributed by atoms with Crippen LogP contribution in [0.15, 0.2) is 30.3 Å². The van der Waals surface area contributed by atoms with Crippen LogP contribution >= 0.6 is 0 Å². The number of aryl methyl sites for hydroxylation is 1. The minimum Gasteiger partial charge on any atom is -0.395 e. The van der Waals surface area contributed by atoms with Gasteiger partial charge in [-0.2, -0.15) is 0 Å². The molecule has 0 saturated carbocycles. The molecule has 2 rings (SSSR count). The summed E-state index contributed by atoms with van der Waals surface area (Å²) >= 11 is 0. The molecule has 0 spiro atoms. The number of hydrogen-bond donors (Lipinski definition) is 3. The molecule has 1 aliphatic rings. The predicted molar refractivity (Wildman–Crippen MR) is 90.3 cm³/mol. The molecule has 1 aromatic rings. The van der Waals surface area contributed by atoms with Crippen molar-refractivity contribution in [2.45, 2.75) is 50.5 Å². The maximum Gasteiger partial charge on any atom is 0.219 e. The molecular weight excluding hydrogens is 311 g/mol. The van der Waals surface area contributed by atoms with Crippen molar-refractivity contribution >= 4 is 5.91 Å². The molecule has 1 amide bonds. The number of amides is 1. The summed E-state index contributed by atoms with van der Waals surface area (Å²) in [6.07, 6.45) is -0.732. The molecule has 0 aliphatic carbocycles. The molecule has 0 aromatic heterocycles. The number of nitrogens with zero attached hydrogens (tertiary/aromatic N) is 1. The second kappa shape index (κ2) is 9.11. The van der Waals surface area contributed by atoms with Gasteiger partial charge in [0.15, 0.2) is 0 Å². The molecule has 1 heterocycles. The van der Waals surface area contributed by atoms with E-state index in [-0.39, 0.29) is 19.1 Å². The number of carbonyl (C=O) groups is 1. The first kappa shape index (κ1) is 18.8. The Balaban J connectivity index is 1.96. The molecule has 6 heteroatoms. The van der Waals surface area contributed by atoms with Crippen molar-refractivity contribution in [2.75, 3.05) is 19.7 Å². The van der Waals surface area contributed by atoms with Gasteiger partial charge in [0, 0.05) is 13.0 Å². The van der Waals surface area contributed by atoms with Gasteiger partial charge < -0.3 is 15.5 Å². The summed E-state index contributed by atoms with van der Waals surface area (Å²) in [5.41, 5.74) is 1.20. The first-order valence-electron chi connectivity index (χ1n) is 8.57. The van der Waals surface area contributed by atoms with Crippen LogP contribution in [-0.4, -0.2) is 65.1 Å². The minimum absolute atomic E-state index is 0.145. The maximum atomic E-state index is 14.4. The van der Waals surface area contributed by atoms with Crippen LogP contribution in [0, 0.1) is 0 Å². The van der Waals surface area contributed by atoms with E-state index in [2.05, 4.69) is 5.32 Å². The molecule has 1 aromatic carbocycles. The third kappa shape index (κ3) is 4.53. The van der Waals surface area contributed by atoms with Gasteiger partial charge in [-0.05, 0) is 24.9 Å². The smallest absolute Gasteiger partial charge is 0.219 e. The van der Waals surface area contributed by atoms with E-state index in [4.69, 9.17) is 0 Å². The molecule has 24 heavy (non-hydrogen) atoms. The fourth-order valence-corrected chi connectivity index (χ4v) is 3.29. The van der Waals surface area contributed by atoms with Gasteiger partial charge in [-0.25, -0.2) is 4.39 Å². The van der Waals surface area contributed by atoms with Crippen LogP contribution in [0.4, 0.5) is 4.39 Å². The largest absolute Gasteiger partial charge is 0.395 e. The van der Waals surface area contributed by atoms with E-state index in [9.17, 15) is 19.4 Å². The van der Waals surface area contributed by atoms with Crippen molar-refractivity contribution in [2.24, 2.45) is 0 Å². The van der Waals surface area contributed by atoms with E-state index in [1.54, 1.807) is 11.8 Å². The number of carbonyl (C=O) groups excluding carboxylic acids is 1. The maximum absolute atomic E-state index is 14.4. The van der Waals surface area contributed by atoms with Gasteiger partial charge >= 0.3 is 0 Å². The number of likely N-dealkylation sites (tertiary alicyclic amines) is 1. The van der Waals surface area contributed by atoms with E-state index in [1.165, 1.54) is 5.56 Å². The van der Waals surface area contributed by atoms with E-state index in [0.29, 0.717) is 13.0 Å². The second-order valence-electron chi connectivity index (χ2n) is 6.24. The number of hydrogen-bond acceptors (Lipinski definition) is 4. The minimum atomic E-state index is -1.48. The summed E-state index contributed by atoms with van der Waals surface area (Å²) in [5.74, 6) is -0.145. The Morgan fingerprint density at radius 3 is 2.62 bits per heavy atom. The van der Waals surface area contributed by atoms with Gasteiger partial charge in [0.25, 0.3) is 0 Å². The van der Waals surface area contributed by atoms with Crippen molar-refractivity contribution < 1.29 is 19.4 Å². The van der Waals surface area contributed by atoms with Crippen molar-refractivity contribution in [1.29, 1.82) is 0 Å². The zero-order chi connectivity index (χ0) is 17.5. The van der Waals surface area contributed by atoms with Crippen LogP contribution in [0.25, 0.3) is 0 Å². The molecule has 134 valence electrons. The third-order valence-corrected chi connectivity index (χ3v) is 4.68. The zero-order valence-electron chi connectivity index (χ0n) is 14.1. The summed E-state index contributed by atoms with van der Waals surface area (Å²) < 4.78 is 14.4. The van der Waals surface area contributed by atoms with E-state index in [0.717, 1.165) is 12.8 Å². The fourth-order valence-electron chi connectivity index (χ4n) is 3.29. The van der Waals surface area contributed by atoms with Crippen molar-refractivity contribution in [3.05, 3.63) is 35.9 Å². The zero-order valence-corrected chi connectivity index (χ0v) is 14.1. The summed E-state index contributed by atoms with van der Waals surface area (Å²) in [7, 11) is 0. The predicted octanol–water partition coefficient (Wildman–Crippen LogP) is 0.889. The van der Waals surface area contributed by atoms with E-state index < -0.39 is 24.4 Å². The third-order valence-electron chi connectivity index (χ3n) is 4.68. The number of rotatable bonds is 8. The van der Waals surface area contributed by atoms with Gasteiger partial charge in [0.05, 0.1) is 18.7 Å². The van der Waals surface area contributed by atoms with Crippen LogP contribution in [0.1, 0.15) is 25.3 Å². The fraction of sp³-hybridized carbons (Fsp3) is 0.611. The lowest BCUT2D eigenvalue weighted by atomic mass is 10.1. The molecule has 1 fully saturated rings. The molecule has 4 atom stereocenters. The molecule has 0 radical (unpaired) electrons. The van der Waals surface area contributed by atoms with Crippen LogP contribution in [-0.2, 0) is 11.2 Å². The van der Waals surface area contributed by atoms with Crippen LogP contribution in [0.2, 0.25) is 0 Å². The van der Waals surface area contributed by atoms with Crippen molar-refractivity contribution in [3.8, 4) is 0 Å². The first-order chi connectivity index (χ1) is 11.6. The summed E-state index contributed by atoms with van der Waals surface area (Å²) in [6, 6.07) is 8.77. The Labute approximate surface area is 142 Å². The van der Waals surface area contributed by atoms with Gasteiger partial charge in [0.2, 0.25) is 5.91 Å². The average Bonchev–Trinajstić information content (AvgIpc) is 2.84. The standard InChI is InChI=1S/C18H27FN2O3/c1-2-16(23)20-11-14-17(19)18(24)15(12-22)21(14)10-6-9-13-7-4-3-5-8-13/h3-5,7-8,14-15,17-18,22,24H,2,6,9-12H2,1H3,(H,20,23). The number of aliphatic hydroxyl groups excluding tert-OH is 2. The Hall–Kier alpha value is -1.50. The molecule has 0 bridgehead atoms. The topological polar surface area (TPSA) is 72.8 Å². The number of alkyl halides is 1. The lowest BCUT2D eigenvalue weighted by Gasteiger charge is -2.29. The lowest BCUT2D eigenvalue weighted by molar-refractivity contribution is -0.121. The van der Waals surface area contributed by atoms with Crippen molar-refractivity contribution in [3.63, 3.8) is 0 Å². The quantitative estimate of drug-likeness (QED) is 0.658. The average molecular weight is 338 g/mol. The monoisotopic (exact) mass is 338 g/mol. The number of halogens is 1. The molecule has 1 aliphatic heterocycles. The lowest BCUT2D eigenvalue weighted by Crippen LogP contribution is -2.47. The number of nitrogens with one attached hydrogen (secondary N) is 1. The normalized spacial score (nSPS) is 27.3. The number of aliphatic hydroxyl groups is 2. The second-order valence-corrected chi connectivity index (χ2v) is 6.24. The van der Waals surface area contributed by atoms with Gasteiger partial charge in [-0.15, -0.1) is 0 Å². The van der Waals surface area contributed by atoms with Gasteiger partial charge in [0.1, 0.15) is 12.3 Å². The Bertz CT molecular complexity index is 514. The van der Waals surface area contributed by atoms with Gasteiger partial charge in [-0.1, -0.05) is 37.3 Å².